The van der Waals surface area contributed by atoms with E-state index in [4.69, 9.17) is 4.74 Å². The topological polar surface area (TPSA) is 26.3 Å². The lowest BCUT2D eigenvalue weighted by Gasteiger charge is -2.06. The van der Waals surface area contributed by atoms with E-state index in [1.165, 1.54) is 0 Å². The van der Waals surface area contributed by atoms with Crippen molar-refractivity contribution in [2.24, 2.45) is 0 Å². The third-order valence-corrected chi connectivity index (χ3v) is 2.49. The fourth-order valence-corrected chi connectivity index (χ4v) is 1.62. The Balaban J connectivity index is 2.24. The van der Waals surface area contributed by atoms with Crippen LogP contribution in [-0.2, 0) is 9.53 Å². The number of carbonyl (C=O) groups excluding carboxylic acids is 1. The summed E-state index contributed by atoms with van der Waals surface area (Å²) in [6, 6.07) is 7.87. The second-order valence-electron chi connectivity index (χ2n) is 3.40. The summed E-state index contributed by atoms with van der Waals surface area (Å²) < 4.78 is 5.11. The van der Waals surface area contributed by atoms with E-state index in [0.717, 1.165) is 11.1 Å². The highest BCUT2D eigenvalue weighted by Gasteiger charge is 2.26. The molecule has 0 aliphatic carbocycles. The molecular formula is C12H12O2. The molecule has 1 heterocycles. The maximum Gasteiger partial charge on any atom is 0.168 e. The van der Waals surface area contributed by atoms with Crippen LogP contribution in [0.5, 0.6) is 0 Å². The van der Waals surface area contributed by atoms with Crippen molar-refractivity contribution < 1.29 is 9.53 Å². The lowest BCUT2D eigenvalue weighted by atomic mass is 9.96. The molecule has 0 radical (unpaired) electrons. The number of ether oxygens (including phenoxy) is 1. The van der Waals surface area contributed by atoms with Gasteiger partial charge in [0.25, 0.3) is 0 Å². The Kier molecular flexibility index (Phi) is 2.46. The van der Waals surface area contributed by atoms with Crippen LogP contribution in [0.25, 0.3) is 6.08 Å². The number of rotatable bonds is 2. The van der Waals surface area contributed by atoms with Crippen LogP contribution < -0.4 is 0 Å². The van der Waals surface area contributed by atoms with Gasteiger partial charge in [0, 0.05) is 0 Å². The van der Waals surface area contributed by atoms with Gasteiger partial charge in [0.15, 0.2) is 5.78 Å². The van der Waals surface area contributed by atoms with Crippen molar-refractivity contribution in [3.8, 4) is 0 Å². The first-order chi connectivity index (χ1) is 6.81. The van der Waals surface area contributed by atoms with Gasteiger partial charge in [0.2, 0.25) is 0 Å². The van der Waals surface area contributed by atoms with Crippen LogP contribution in [0.1, 0.15) is 17.0 Å². The summed E-state index contributed by atoms with van der Waals surface area (Å²) >= 11 is 0. The Morgan fingerprint density at radius 3 is 2.57 bits per heavy atom. The molecule has 0 saturated carbocycles. The maximum absolute atomic E-state index is 11.4. The van der Waals surface area contributed by atoms with E-state index in [1.54, 1.807) is 6.08 Å². The summed E-state index contributed by atoms with van der Waals surface area (Å²) in [5.41, 5.74) is 2.11. The molecule has 0 bridgehead atoms. The van der Waals surface area contributed by atoms with Crippen LogP contribution >= 0.6 is 0 Å². The number of ketones is 1. The van der Waals surface area contributed by atoms with E-state index in [-0.39, 0.29) is 18.3 Å². The Hall–Kier alpha value is -1.41. The average Bonchev–Trinajstić information content (AvgIpc) is 2.65. The predicted molar refractivity (Wildman–Crippen MR) is 55.1 cm³/mol. The third kappa shape index (κ3) is 1.61. The fourth-order valence-electron chi connectivity index (χ4n) is 1.62. The van der Waals surface area contributed by atoms with Gasteiger partial charge in [-0.1, -0.05) is 36.9 Å². The normalized spacial score (nSPS) is 21.1. The second-order valence-corrected chi connectivity index (χ2v) is 3.40. The zero-order chi connectivity index (χ0) is 9.97. The lowest BCUT2D eigenvalue weighted by Crippen LogP contribution is -2.08. The van der Waals surface area contributed by atoms with Gasteiger partial charge in [-0.3, -0.25) is 4.79 Å². The second kappa shape index (κ2) is 3.76. The van der Waals surface area contributed by atoms with Gasteiger partial charge in [-0.15, -0.1) is 0 Å². The molecule has 1 atom stereocenters. The van der Waals surface area contributed by atoms with Crippen molar-refractivity contribution in [1.29, 1.82) is 0 Å². The van der Waals surface area contributed by atoms with Crippen LogP contribution in [0.15, 0.2) is 30.8 Å². The summed E-state index contributed by atoms with van der Waals surface area (Å²) in [7, 11) is 0. The molecular weight excluding hydrogens is 176 g/mol. The standard InChI is InChI=1S/C12H12O2/c1-2-9-3-5-10(6-4-9)11-7-14-8-12(11)13/h2-6,11H,1,7-8H2/t11-/m0/s1. The van der Waals surface area contributed by atoms with E-state index < -0.39 is 0 Å². The Morgan fingerprint density at radius 2 is 2.07 bits per heavy atom. The Bertz CT molecular complexity index is 351. The van der Waals surface area contributed by atoms with Gasteiger partial charge < -0.3 is 4.74 Å². The maximum atomic E-state index is 11.4. The summed E-state index contributed by atoms with van der Waals surface area (Å²) in [5.74, 6) is 0.116. The molecule has 1 fully saturated rings. The molecule has 72 valence electrons. The molecule has 2 rings (SSSR count). The summed E-state index contributed by atoms with van der Waals surface area (Å²) in [4.78, 5) is 11.4. The zero-order valence-corrected chi connectivity index (χ0v) is 7.90. The highest BCUT2D eigenvalue weighted by molar-refractivity contribution is 5.88. The Labute approximate surface area is 83.2 Å². The van der Waals surface area contributed by atoms with Crippen LogP contribution in [0.4, 0.5) is 0 Å². The molecule has 0 amide bonds. The fraction of sp³-hybridized carbons (Fsp3) is 0.250. The van der Waals surface area contributed by atoms with E-state index in [0.29, 0.717) is 6.61 Å². The smallest absolute Gasteiger partial charge is 0.168 e. The zero-order valence-electron chi connectivity index (χ0n) is 7.90. The lowest BCUT2D eigenvalue weighted by molar-refractivity contribution is -0.118. The molecule has 1 saturated heterocycles. The summed E-state index contributed by atoms with van der Waals surface area (Å²) in [5, 5.41) is 0. The van der Waals surface area contributed by atoms with Crippen molar-refractivity contribution in [2.75, 3.05) is 13.2 Å². The van der Waals surface area contributed by atoms with Gasteiger partial charge in [-0.25, -0.2) is 0 Å². The van der Waals surface area contributed by atoms with Gasteiger partial charge in [-0.05, 0) is 11.1 Å². The molecule has 1 aliphatic heterocycles. The first kappa shape index (κ1) is 9.16. The first-order valence-electron chi connectivity index (χ1n) is 4.64. The molecule has 2 heteroatoms. The largest absolute Gasteiger partial charge is 0.373 e. The molecule has 0 spiro atoms. The van der Waals surface area contributed by atoms with E-state index in [1.807, 2.05) is 24.3 Å². The number of hydrogen-bond donors (Lipinski definition) is 0. The SMILES string of the molecule is C=Cc1ccc([C@@H]2COCC2=O)cc1. The molecule has 2 nitrogen and oxygen atoms in total. The number of hydrogen-bond acceptors (Lipinski definition) is 2. The van der Waals surface area contributed by atoms with Gasteiger partial charge in [-0.2, -0.15) is 0 Å². The van der Waals surface area contributed by atoms with E-state index >= 15 is 0 Å². The van der Waals surface area contributed by atoms with Crippen molar-refractivity contribution in [3.05, 3.63) is 42.0 Å². The first-order valence-corrected chi connectivity index (χ1v) is 4.64. The molecule has 1 aromatic carbocycles. The van der Waals surface area contributed by atoms with Crippen molar-refractivity contribution >= 4 is 11.9 Å². The minimum atomic E-state index is -0.0612. The van der Waals surface area contributed by atoms with Crippen LogP contribution in [0.3, 0.4) is 0 Å². The third-order valence-electron chi connectivity index (χ3n) is 2.49. The summed E-state index contributed by atoms with van der Waals surface area (Å²) in [6.45, 7) is 4.46. The average molecular weight is 188 g/mol. The van der Waals surface area contributed by atoms with Crippen LogP contribution in [0.2, 0.25) is 0 Å². The molecule has 1 aliphatic rings. The highest BCUT2D eigenvalue weighted by atomic mass is 16.5. The van der Waals surface area contributed by atoms with Gasteiger partial charge in [0.05, 0.1) is 12.5 Å². The quantitative estimate of drug-likeness (QED) is 0.709. The number of benzene rings is 1. The number of Topliss-reactive ketones (excluding diaryl/α,β-unsaturated/α-hetero) is 1. The predicted octanol–water partition coefficient (Wildman–Crippen LogP) is 2.01. The monoisotopic (exact) mass is 188 g/mol. The highest BCUT2D eigenvalue weighted by Crippen LogP contribution is 2.22. The van der Waals surface area contributed by atoms with E-state index in [9.17, 15) is 4.79 Å². The Morgan fingerprint density at radius 1 is 1.36 bits per heavy atom. The minimum Gasteiger partial charge on any atom is -0.373 e. The van der Waals surface area contributed by atoms with E-state index in [2.05, 4.69) is 6.58 Å². The van der Waals surface area contributed by atoms with Crippen LogP contribution in [-0.4, -0.2) is 19.0 Å². The molecule has 0 N–H and O–H groups in total. The minimum absolute atomic E-state index is 0.0612. The molecule has 0 unspecified atom stereocenters. The van der Waals surface area contributed by atoms with Gasteiger partial charge >= 0.3 is 0 Å². The molecule has 14 heavy (non-hydrogen) atoms. The molecule has 1 aromatic rings. The van der Waals surface area contributed by atoms with Crippen LogP contribution in [0, 0.1) is 0 Å². The van der Waals surface area contributed by atoms with Crippen molar-refractivity contribution in [2.45, 2.75) is 5.92 Å². The molecule has 0 aromatic heterocycles. The van der Waals surface area contributed by atoms with Gasteiger partial charge in [0.1, 0.15) is 6.61 Å². The summed E-state index contributed by atoms with van der Waals surface area (Å²) in [6.07, 6.45) is 1.79. The number of carbonyl (C=O) groups is 1. The van der Waals surface area contributed by atoms with Crippen molar-refractivity contribution in [3.63, 3.8) is 0 Å². The van der Waals surface area contributed by atoms with Crippen molar-refractivity contribution in [1.82, 2.24) is 0 Å².